The first-order valence-electron chi connectivity index (χ1n) is 12.8. The maximum Gasteiger partial charge on any atom is 0.416 e. The van der Waals surface area contributed by atoms with E-state index in [0.717, 1.165) is 0 Å². The van der Waals surface area contributed by atoms with Gasteiger partial charge in [-0.15, -0.1) is 0 Å². The third-order valence-corrected chi connectivity index (χ3v) is 6.13. The van der Waals surface area contributed by atoms with E-state index in [2.05, 4.69) is 0 Å². The minimum Gasteiger partial charge on any atom is -0.390 e. The molecule has 46 heavy (non-hydrogen) atoms. The lowest BCUT2D eigenvalue weighted by molar-refractivity contribution is -0.144. The number of hydrazine groups is 1. The van der Waals surface area contributed by atoms with Gasteiger partial charge in [0, 0.05) is 31.0 Å². The highest BCUT2D eigenvalue weighted by Crippen LogP contribution is 2.39. The highest BCUT2D eigenvalue weighted by Gasteiger charge is 2.39. The first-order valence-corrected chi connectivity index (χ1v) is 12.8. The second-order valence-corrected chi connectivity index (χ2v) is 9.76. The molecule has 0 aromatic heterocycles. The number of alkyl halides is 12. The van der Waals surface area contributed by atoms with Crippen LogP contribution in [-0.4, -0.2) is 72.6 Å². The summed E-state index contributed by atoms with van der Waals surface area (Å²) in [6, 6.07) is -3.22. The quantitative estimate of drug-likeness (QED) is 0.220. The number of aliphatic hydroxyl groups excluding tert-OH is 1. The molecule has 1 aliphatic heterocycles. The number of anilines is 2. The Morgan fingerprint density at radius 1 is 0.717 bits per heavy atom. The molecule has 0 saturated carbocycles. The average molecular weight is 685 g/mol. The van der Waals surface area contributed by atoms with Gasteiger partial charge in [-0.3, -0.25) is 4.90 Å². The van der Waals surface area contributed by atoms with Crippen LogP contribution in [0.4, 0.5) is 73.6 Å². The zero-order valence-corrected chi connectivity index (χ0v) is 22.9. The molecule has 0 bridgehead atoms. The molecule has 4 N–H and O–H groups in total. The van der Waals surface area contributed by atoms with E-state index in [0.29, 0.717) is 13.1 Å². The van der Waals surface area contributed by atoms with Crippen molar-refractivity contribution in [2.45, 2.75) is 30.8 Å². The molecule has 21 heteroatoms. The molecular weight excluding hydrogens is 662 g/mol. The van der Waals surface area contributed by atoms with Crippen LogP contribution in [0.5, 0.6) is 0 Å². The summed E-state index contributed by atoms with van der Waals surface area (Å²) in [5.41, 5.74) is -7.63. The lowest BCUT2D eigenvalue weighted by Crippen LogP contribution is -2.54. The first-order chi connectivity index (χ1) is 21.0. The molecule has 1 aliphatic rings. The Balaban J connectivity index is 1.90. The predicted molar refractivity (Wildman–Crippen MR) is 134 cm³/mol. The van der Waals surface area contributed by atoms with Gasteiger partial charge in [0.2, 0.25) is 0 Å². The van der Waals surface area contributed by atoms with Gasteiger partial charge in [-0.05, 0) is 36.4 Å². The molecule has 0 aliphatic carbocycles. The standard InChI is InChI=1S/C25H23F12N5O4/c26-22(27,28)13-5-14(23(29,30)31)8-17(7-13)38-20(44)40-42(12-19(43)11-41-1-3-46-4-2-41)21(45)39-18-9-15(24(32,33)34)6-16(10-18)25(35,36)37/h5-10,19,43H,1-4,11-12H2,(H,39,45)(H2,38,40,44). The number of rotatable bonds is 6. The van der Waals surface area contributed by atoms with Crippen LogP contribution in [-0.2, 0) is 29.4 Å². The molecule has 2 aromatic rings. The largest absolute Gasteiger partial charge is 0.416 e. The molecule has 256 valence electrons. The smallest absolute Gasteiger partial charge is 0.390 e. The van der Waals surface area contributed by atoms with E-state index in [-0.39, 0.29) is 61.2 Å². The van der Waals surface area contributed by atoms with Gasteiger partial charge in [0.1, 0.15) is 0 Å². The third-order valence-electron chi connectivity index (χ3n) is 6.13. The summed E-state index contributed by atoms with van der Waals surface area (Å²) in [6.07, 6.45) is -22.7. The Morgan fingerprint density at radius 3 is 1.50 bits per heavy atom. The summed E-state index contributed by atoms with van der Waals surface area (Å²) in [5.74, 6) is 0. The SMILES string of the molecule is O=C(Nc1cc(C(F)(F)F)cc(C(F)(F)F)c1)NN(CC(O)CN1CCOCC1)C(=O)Nc1cc(C(F)(F)F)cc(C(F)(F)F)c1. The molecule has 1 atom stereocenters. The minimum atomic E-state index is -5.30. The van der Waals surface area contributed by atoms with Crippen LogP contribution in [0.3, 0.4) is 0 Å². The zero-order valence-electron chi connectivity index (χ0n) is 22.9. The van der Waals surface area contributed by atoms with Crippen LogP contribution < -0.4 is 16.1 Å². The number of hydrogen-bond donors (Lipinski definition) is 4. The van der Waals surface area contributed by atoms with Gasteiger partial charge in [0.15, 0.2) is 0 Å². The van der Waals surface area contributed by atoms with Gasteiger partial charge in [-0.2, -0.15) is 52.7 Å². The normalized spacial score (nSPS) is 15.7. The van der Waals surface area contributed by atoms with E-state index < -0.39 is 83.0 Å². The molecule has 1 saturated heterocycles. The molecule has 1 fully saturated rings. The minimum absolute atomic E-state index is 0.133. The van der Waals surface area contributed by atoms with Gasteiger partial charge in [-0.1, -0.05) is 0 Å². The Bertz CT molecular complexity index is 1320. The molecular formula is C25H23F12N5O4. The van der Waals surface area contributed by atoms with Crippen LogP contribution >= 0.6 is 0 Å². The fraction of sp³-hybridized carbons (Fsp3) is 0.440. The Kier molecular flexibility index (Phi) is 10.9. The summed E-state index contributed by atoms with van der Waals surface area (Å²) in [4.78, 5) is 27.3. The fourth-order valence-electron chi connectivity index (χ4n) is 4.06. The summed E-state index contributed by atoms with van der Waals surface area (Å²) >= 11 is 0. The van der Waals surface area contributed by atoms with Gasteiger partial charge < -0.3 is 20.5 Å². The Hall–Kier alpha value is -3.98. The van der Waals surface area contributed by atoms with E-state index >= 15 is 0 Å². The van der Waals surface area contributed by atoms with Crippen LogP contribution in [0, 0.1) is 0 Å². The Morgan fingerprint density at radius 2 is 1.11 bits per heavy atom. The number of carbonyl (C=O) groups excluding carboxylic acids is 2. The number of urea groups is 2. The van der Waals surface area contributed by atoms with Crippen LogP contribution in [0.2, 0.25) is 0 Å². The molecule has 1 heterocycles. The number of hydrogen-bond acceptors (Lipinski definition) is 5. The molecule has 1 unspecified atom stereocenters. The number of halogens is 12. The summed E-state index contributed by atoms with van der Waals surface area (Å²) in [5, 5.41) is 14.0. The number of carbonyl (C=O) groups is 2. The summed E-state index contributed by atoms with van der Waals surface area (Å²) < 4.78 is 164. The predicted octanol–water partition coefficient (Wildman–Crippen LogP) is 6.03. The number of benzene rings is 2. The van der Waals surface area contributed by atoms with Crippen molar-refractivity contribution in [1.29, 1.82) is 0 Å². The van der Waals surface area contributed by atoms with Gasteiger partial charge >= 0.3 is 36.8 Å². The average Bonchev–Trinajstić information content (AvgIpc) is 2.91. The molecule has 4 amide bonds. The van der Waals surface area contributed by atoms with Crippen molar-refractivity contribution in [3.8, 4) is 0 Å². The Labute approximate surface area is 251 Å². The van der Waals surface area contributed by atoms with Crippen molar-refractivity contribution in [1.82, 2.24) is 15.3 Å². The van der Waals surface area contributed by atoms with E-state index in [1.165, 1.54) is 0 Å². The van der Waals surface area contributed by atoms with Gasteiger partial charge in [0.25, 0.3) is 0 Å². The maximum absolute atomic E-state index is 13.3. The lowest BCUT2D eigenvalue weighted by Gasteiger charge is -2.31. The van der Waals surface area contributed by atoms with Crippen LogP contribution in [0.1, 0.15) is 22.3 Å². The lowest BCUT2D eigenvalue weighted by atomic mass is 10.1. The third kappa shape index (κ3) is 10.5. The van der Waals surface area contributed by atoms with Crippen LogP contribution in [0.25, 0.3) is 0 Å². The molecule has 3 rings (SSSR count). The second kappa shape index (κ2) is 13.8. The molecule has 9 nitrogen and oxygen atoms in total. The number of β-amino-alcohol motifs (C(OH)–C–C–N with tert-alkyl or cyclic N) is 1. The molecule has 2 aromatic carbocycles. The number of amides is 4. The number of nitrogens with zero attached hydrogens (tertiary/aromatic N) is 2. The fourth-order valence-corrected chi connectivity index (χ4v) is 4.06. The van der Waals surface area contributed by atoms with Gasteiger partial charge in [-0.25, -0.2) is 20.0 Å². The topological polar surface area (TPSA) is 106 Å². The van der Waals surface area contributed by atoms with Gasteiger partial charge in [0.05, 0.1) is 48.1 Å². The van der Waals surface area contributed by atoms with Crippen molar-refractivity contribution in [2.24, 2.45) is 0 Å². The summed E-state index contributed by atoms with van der Waals surface area (Å²) in [7, 11) is 0. The first kappa shape index (κ1) is 36.5. The van der Waals surface area contributed by atoms with Crippen molar-refractivity contribution in [3.05, 3.63) is 58.7 Å². The molecule has 0 spiro atoms. The monoisotopic (exact) mass is 685 g/mol. The zero-order chi connectivity index (χ0) is 34.7. The number of morpholine rings is 1. The maximum atomic E-state index is 13.3. The van der Waals surface area contributed by atoms with E-state index in [9.17, 15) is 67.4 Å². The number of aliphatic hydroxyl groups is 1. The highest BCUT2D eigenvalue weighted by atomic mass is 19.4. The van der Waals surface area contributed by atoms with E-state index in [1.807, 2.05) is 0 Å². The van der Waals surface area contributed by atoms with E-state index in [1.54, 1.807) is 21.0 Å². The second-order valence-electron chi connectivity index (χ2n) is 9.76. The van der Waals surface area contributed by atoms with Crippen molar-refractivity contribution < 1.29 is 72.1 Å². The molecule has 0 radical (unpaired) electrons. The van der Waals surface area contributed by atoms with Crippen molar-refractivity contribution in [3.63, 3.8) is 0 Å². The van der Waals surface area contributed by atoms with E-state index in [4.69, 9.17) is 4.74 Å². The highest BCUT2D eigenvalue weighted by molar-refractivity contribution is 5.94. The van der Waals surface area contributed by atoms with Crippen LogP contribution in [0.15, 0.2) is 36.4 Å². The number of nitrogens with one attached hydrogen (secondary N) is 3. The summed E-state index contributed by atoms with van der Waals surface area (Å²) in [6.45, 7) is 0.0213. The number of ether oxygens (including phenoxy) is 1. The van der Waals surface area contributed by atoms with Crippen molar-refractivity contribution in [2.75, 3.05) is 50.0 Å². The van der Waals surface area contributed by atoms with Crippen molar-refractivity contribution >= 4 is 23.4 Å².